The number of amides is 2. The molecule has 0 saturated heterocycles. The van der Waals surface area contributed by atoms with Gasteiger partial charge in [-0.15, -0.1) is 13.2 Å². The molecule has 8 nitrogen and oxygen atoms in total. The zero-order valence-corrected chi connectivity index (χ0v) is 23.0. The van der Waals surface area contributed by atoms with Gasteiger partial charge in [0.05, 0.1) is 12.2 Å². The topological polar surface area (TPSA) is 97.3 Å². The van der Waals surface area contributed by atoms with Gasteiger partial charge in [0.1, 0.15) is 12.4 Å². The van der Waals surface area contributed by atoms with Crippen molar-refractivity contribution in [3.05, 3.63) is 54.1 Å². The third kappa shape index (κ3) is 13.8. The molecule has 0 aliphatic rings. The predicted octanol–water partition coefficient (Wildman–Crippen LogP) is 7.04. The first kappa shape index (κ1) is 34.5. The molecular weight excluding hydrogens is 574 g/mol. The number of halogens is 6. The Kier molecular flexibility index (Phi) is 13.7. The Labute approximate surface area is 239 Å². The fraction of sp³-hybridized carbons (Fsp3) is 0.500. The molecule has 1 unspecified atom stereocenters. The molecule has 1 atom stereocenters. The fourth-order valence-electron chi connectivity index (χ4n) is 3.90. The minimum Gasteiger partial charge on any atom is -0.492 e. The monoisotopic (exact) mass is 608 g/mol. The second-order valence-corrected chi connectivity index (χ2v) is 9.22. The number of unbranched alkanes of at least 4 members (excludes halogenated alkanes) is 3. The number of rotatable bonds is 17. The van der Waals surface area contributed by atoms with Crippen LogP contribution in [0.15, 0.2) is 48.5 Å². The molecule has 234 valence electrons. The standard InChI is InChI=1S/C28H34F6N2O6/c1-2-40-24(25(37)38)19-20-11-13-21(14-12-20)41-18-17-36(16-8-4-3-7-15-27(29,30)31)26(39)35-22-9-5-6-10-23(22)42-28(32,33)34/h5-6,9-14,24H,2-4,7-8,15-19H2,1H3,(H,35,39)(H,37,38). The highest BCUT2D eigenvalue weighted by Crippen LogP contribution is 2.30. The van der Waals surface area contributed by atoms with Crippen molar-refractivity contribution in [3.8, 4) is 11.5 Å². The number of nitrogens with zero attached hydrogens (tertiary/aromatic N) is 1. The average molecular weight is 609 g/mol. The lowest BCUT2D eigenvalue weighted by molar-refractivity contribution is -0.274. The summed E-state index contributed by atoms with van der Waals surface area (Å²) in [5, 5.41) is 11.6. The molecular formula is C28H34F6N2O6. The molecule has 2 amide bonds. The molecule has 0 radical (unpaired) electrons. The van der Waals surface area contributed by atoms with Crippen molar-refractivity contribution in [2.75, 3.05) is 31.6 Å². The molecule has 0 heterocycles. The van der Waals surface area contributed by atoms with E-state index in [0.29, 0.717) is 30.6 Å². The van der Waals surface area contributed by atoms with Crippen molar-refractivity contribution in [1.82, 2.24) is 4.90 Å². The first-order valence-corrected chi connectivity index (χ1v) is 13.3. The number of benzene rings is 2. The van der Waals surface area contributed by atoms with E-state index in [-0.39, 0.29) is 44.8 Å². The Morgan fingerprint density at radius 1 is 0.929 bits per heavy atom. The van der Waals surface area contributed by atoms with Crippen LogP contribution in [0.25, 0.3) is 0 Å². The zero-order chi connectivity index (χ0) is 31.2. The fourth-order valence-corrected chi connectivity index (χ4v) is 3.90. The summed E-state index contributed by atoms with van der Waals surface area (Å²) in [7, 11) is 0. The molecule has 0 saturated carbocycles. The van der Waals surface area contributed by atoms with Crippen LogP contribution in [0.4, 0.5) is 36.8 Å². The Balaban J connectivity index is 2.00. The smallest absolute Gasteiger partial charge is 0.492 e. The maximum Gasteiger partial charge on any atom is 0.573 e. The third-order valence-electron chi connectivity index (χ3n) is 5.90. The summed E-state index contributed by atoms with van der Waals surface area (Å²) in [6, 6.07) is 10.9. The molecule has 0 fully saturated rings. The highest BCUT2D eigenvalue weighted by atomic mass is 19.4. The number of urea groups is 1. The zero-order valence-electron chi connectivity index (χ0n) is 23.0. The van der Waals surface area contributed by atoms with Gasteiger partial charge in [-0.3, -0.25) is 0 Å². The lowest BCUT2D eigenvalue weighted by Gasteiger charge is -2.24. The largest absolute Gasteiger partial charge is 0.573 e. The number of hydrogen-bond acceptors (Lipinski definition) is 5. The Hall–Kier alpha value is -3.68. The van der Waals surface area contributed by atoms with E-state index in [1.165, 1.54) is 23.1 Å². The highest BCUT2D eigenvalue weighted by molar-refractivity contribution is 5.91. The van der Waals surface area contributed by atoms with Gasteiger partial charge >= 0.3 is 24.5 Å². The quantitative estimate of drug-likeness (QED) is 0.148. The molecule has 42 heavy (non-hydrogen) atoms. The van der Waals surface area contributed by atoms with Crippen molar-refractivity contribution < 1.29 is 55.2 Å². The minimum atomic E-state index is -4.97. The van der Waals surface area contributed by atoms with E-state index >= 15 is 0 Å². The molecule has 14 heteroatoms. The maximum atomic E-state index is 13.0. The molecule has 0 bridgehead atoms. The normalized spacial score (nSPS) is 12.5. The van der Waals surface area contributed by atoms with Crippen LogP contribution in [0.2, 0.25) is 0 Å². The second kappa shape index (κ2) is 16.7. The van der Waals surface area contributed by atoms with Gasteiger partial charge in [0.15, 0.2) is 11.9 Å². The molecule has 2 N–H and O–H groups in total. The number of alkyl halides is 6. The van der Waals surface area contributed by atoms with Gasteiger partial charge in [0, 0.05) is 26.0 Å². The summed E-state index contributed by atoms with van der Waals surface area (Å²) in [4.78, 5) is 25.6. The van der Waals surface area contributed by atoms with Gasteiger partial charge in [0.2, 0.25) is 0 Å². The summed E-state index contributed by atoms with van der Waals surface area (Å²) in [5.74, 6) is -1.25. The molecule has 2 rings (SSSR count). The van der Waals surface area contributed by atoms with E-state index < -0.39 is 42.8 Å². The number of ether oxygens (including phenoxy) is 3. The Morgan fingerprint density at radius 3 is 2.21 bits per heavy atom. The van der Waals surface area contributed by atoms with Gasteiger partial charge in [-0.2, -0.15) is 13.2 Å². The van der Waals surface area contributed by atoms with Gasteiger partial charge in [-0.25, -0.2) is 9.59 Å². The SMILES string of the molecule is CCOC(Cc1ccc(OCCN(CCCCCCC(F)(F)F)C(=O)Nc2ccccc2OC(F)(F)F)cc1)C(=O)O. The van der Waals surface area contributed by atoms with Crippen molar-refractivity contribution in [3.63, 3.8) is 0 Å². The number of para-hydroxylation sites is 2. The van der Waals surface area contributed by atoms with E-state index in [4.69, 9.17) is 9.47 Å². The van der Waals surface area contributed by atoms with Crippen LogP contribution in [-0.2, 0) is 16.0 Å². The summed E-state index contributed by atoms with van der Waals surface area (Å²) < 4.78 is 90.3. The van der Waals surface area contributed by atoms with Crippen LogP contribution in [0.1, 0.15) is 44.6 Å². The summed E-state index contributed by atoms with van der Waals surface area (Å²) in [6.07, 6.45) is -9.93. The number of hydrogen-bond donors (Lipinski definition) is 2. The van der Waals surface area contributed by atoms with Gasteiger partial charge in [0.25, 0.3) is 0 Å². The van der Waals surface area contributed by atoms with Crippen molar-refractivity contribution >= 4 is 17.7 Å². The summed E-state index contributed by atoms with van der Waals surface area (Å²) in [6.45, 7) is 2.08. The molecule has 2 aromatic carbocycles. The van der Waals surface area contributed by atoms with Crippen LogP contribution in [0, 0.1) is 0 Å². The van der Waals surface area contributed by atoms with E-state index in [1.807, 2.05) is 0 Å². The van der Waals surface area contributed by atoms with E-state index in [9.17, 15) is 41.0 Å². The highest BCUT2D eigenvalue weighted by Gasteiger charge is 2.32. The first-order valence-electron chi connectivity index (χ1n) is 13.3. The number of aliphatic carboxylic acids is 1. The van der Waals surface area contributed by atoms with Crippen LogP contribution in [0.5, 0.6) is 11.5 Å². The number of carbonyl (C=O) groups excluding carboxylic acids is 1. The second-order valence-electron chi connectivity index (χ2n) is 9.22. The first-order chi connectivity index (χ1) is 19.8. The van der Waals surface area contributed by atoms with Crippen molar-refractivity contribution in [1.29, 1.82) is 0 Å². The number of carboxylic acid groups (broad SMARTS) is 1. The van der Waals surface area contributed by atoms with Crippen LogP contribution in [-0.4, -0.2) is 67.0 Å². The van der Waals surface area contributed by atoms with Gasteiger partial charge < -0.3 is 29.5 Å². The maximum absolute atomic E-state index is 13.0. The van der Waals surface area contributed by atoms with Crippen LogP contribution >= 0.6 is 0 Å². The average Bonchev–Trinajstić information content (AvgIpc) is 2.89. The summed E-state index contributed by atoms with van der Waals surface area (Å²) >= 11 is 0. The van der Waals surface area contributed by atoms with E-state index in [1.54, 1.807) is 31.2 Å². The lowest BCUT2D eigenvalue weighted by atomic mass is 10.1. The van der Waals surface area contributed by atoms with Gasteiger partial charge in [-0.05, 0) is 49.6 Å². The molecule has 0 aliphatic heterocycles. The number of carbonyl (C=O) groups is 2. The van der Waals surface area contributed by atoms with Crippen molar-refractivity contribution in [2.45, 2.75) is 64.1 Å². The molecule has 0 spiro atoms. The van der Waals surface area contributed by atoms with Gasteiger partial charge in [-0.1, -0.05) is 37.1 Å². The van der Waals surface area contributed by atoms with Crippen molar-refractivity contribution in [2.24, 2.45) is 0 Å². The molecule has 0 aromatic heterocycles. The molecule has 0 aliphatic carbocycles. The lowest BCUT2D eigenvalue weighted by Crippen LogP contribution is -2.38. The van der Waals surface area contributed by atoms with Crippen LogP contribution in [0.3, 0.4) is 0 Å². The third-order valence-corrected chi connectivity index (χ3v) is 5.90. The number of anilines is 1. The number of nitrogens with one attached hydrogen (secondary N) is 1. The minimum absolute atomic E-state index is 0.00175. The Morgan fingerprint density at radius 2 is 1.60 bits per heavy atom. The number of carboxylic acids is 1. The predicted molar refractivity (Wildman–Crippen MR) is 142 cm³/mol. The summed E-state index contributed by atoms with van der Waals surface area (Å²) in [5.41, 5.74) is 0.493. The van der Waals surface area contributed by atoms with E-state index in [0.717, 1.165) is 6.07 Å². The molecule has 2 aromatic rings. The Bertz CT molecular complexity index is 1110. The van der Waals surface area contributed by atoms with E-state index in [2.05, 4.69) is 10.1 Å². The van der Waals surface area contributed by atoms with Crippen LogP contribution < -0.4 is 14.8 Å².